The van der Waals surface area contributed by atoms with Gasteiger partial charge in [-0.2, -0.15) is 0 Å². The van der Waals surface area contributed by atoms with Gasteiger partial charge in [0.2, 0.25) is 0 Å². The number of hydrogen-bond acceptors (Lipinski definition) is 3. The summed E-state index contributed by atoms with van der Waals surface area (Å²) in [5.41, 5.74) is 3.72. The lowest BCUT2D eigenvalue weighted by Crippen LogP contribution is -2.42. The number of allylic oxidation sites excluding steroid dienone is 1. The van der Waals surface area contributed by atoms with E-state index in [9.17, 15) is 14.4 Å². The number of rotatable bonds is 11. The van der Waals surface area contributed by atoms with Gasteiger partial charge in [0.1, 0.15) is 11.6 Å². The maximum atomic E-state index is 14.0. The van der Waals surface area contributed by atoms with E-state index in [4.69, 9.17) is 0 Å². The maximum absolute atomic E-state index is 14.0. The summed E-state index contributed by atoms with van der Waals surface area (Å²) in [6.07, 6.45) is 12.6. The van der Waals surface area contributed by atoms with E-state index in [1.807, 2.05) is 0 Å². The Morgan fingerprint density at radius 1 is 1.03 bits per heavy atom. The van der Waals surface area contributed by atoms with Gasteiger partial charge < -0.3 is 0 Å². The summed E-state index contributed by atoms with van der Waals surface area (Å²) >= 11 is 0. The number of ketones is 3. The van der Waals surface area contributed by atoms with Crippen LogP contribution in [0.3, 0.4) is 0 Å². The molecule has 0 bridgehead atoms. The summed E-state index contributed by atoms with van der Waals surface area (Å²) in [7, 11) is 0. The van der Waals surface area contributed by atoms with Crippen molar-refractivity contribution in [2.45, 2.75) is 97.8 Å². The fourth-order valence-electron chi connectivity index (χ4n) is 8.25. The molecule has 4 rings (SSSR count). The molecule has 0 heterocycles. The molecule has 0 aliphatic heterocycles. The van der Waals surface area contributed by atoms with Crippen LogP contribution in [0.5, 0.6) is 0 Å². The molecule has 176 valence electrons. The zero-order chi connectivity index (χ0) is 23.0. The summed E-state index contributed by atoms with van der Waals surface area (Å²) in [5, 5.41) is 0. The van der Waals surface area contributed by atoms with Crippen molar-refractivity contribution in [2.75, 3.05) is 0 Å². The van der Waals surface area contributed by atoms with Crippen LogP contribution in [0.2, 0.25) is 0 Å². The summed E-state index contributed by atoms with van der Waals surface area (Å²) in [5.74, 6) is 1.88. The van der Waals surface area contributed by atoms with E-state index in [0.717, 1.165) is 32.1 Å². The van der Waals surface area contributed by atoms with Crippen molar-refractivity contribution in [1.82, 2.24) is 0 Å². The molecule has 0 aromatic carbocycles. The highest BCUT2D eigenvalue weighted by molar-refractivity contribution is 5.96. The Hall–Kier alpha value is -1.47. The average molecular weight is 439 g/mol. The van der Waals surface area contributed by atoms with Crippen LogP contribution >= 0.6 is 0 Å². The average Bonchev–Trinajstić information content (AvgIpc) is 3.48. The Balaban J connectivity index is 1.56. The van der Waals surface area contributed by atoms with Crippen molar-refractivity contribution in [1.29, 1.82) is 0 Å². The summed E-state index contributed by atoms with van der Waals surface area (Å²) in [6.45, 7) is 9.54. The normalized spacial score (nSPS) is 35.0. The van der Waals surface area contributed by atoms with Crippen LogP contribution in [0.25, 0.3) is 0 Å². The molecule has 6 unspecified atom stereocenters. The summed E-state index contributed by atoms with van der Waals surface area (Å²) in [6, 6.07) is 0. The van der Waals surface area contributed by atoms with Gasteiger partial charge in [0, 0.05) is 35.7 Å². The van der Waals surface area contributed by atoms with Gasteiger partial charge in [-0.3, -0.25) is 14.4 Å². The molecule has 0 radical (unpaired) electrons. The smallest absolute Gasteiger partial charge is 0.163 e. The molecule has 4 saturated carbocycles. The fourth-order valence-corrected chi connectivity index (χ4v) is 8.25. The van der Waals surface area contributed by atoms with Crippen molar-refractivity contribution in [2.24, 2.45) is 46.8 Å². The quantitative estimate of drug-likeness (QED) is 0.273. The molecule has 3 nitrogen and oxygen atoms in total. The van der Waals surface area contributed by atoms with Gasteiger partial charge in [0.15, 0.2) is 5.78 Å². The second-order valence-electron chi connectivity index (χ2n) is 11.4. The molecule has 1 spiro atoms. The third-order valence-electron chi connectivity index (χ3n) is 9.88. The van der Waals surface area contributed by atoms with E-state index in [2.05, 4.69) is 26.2 Å². The molecule has 4 fully saturated rings. The molecule has 7 atom stereocenters. The van der Waals surface area contributed by atoms with Crippen molar-refractivity contribution >= 4 is 17.3 Å². The van der Waals surface area contributed by atoms with E-state index >= 15 is 0 Å². The molecule has 0 amide bonds. The predicted octanol–water partition coefficient (Wildman–Crippen LogP) is 6.50. The molecular formula is C29H42O3. The Bertz CT molecular complexity index is 812. The highest BCUT2D eigenvalue weighted by atomic mass is 16.1. The molecule has 0 N–H and O–H groups in total. The summed E-state index contributed by atoms with van der Waals surface area (Å²) in [4.78, 5) is 40.0. The fraction of sp³-hybridized carbons (Fsp3) is 0.793. The van der Waals surface area contributed by atoms with Crippen LogP contribution < -0.4 is 0 Å². The minimum absolute atomic E-state index is 0.0309. The first-order chi connectivity index (χ1) is 15.4. The molecule has 0 saturated heterocycles. The minimum Gasteiger partial charge on any atom is -0.299 e. The Kier molecular flexibility index (Phi) is 6.97. The molecule has 4 aliphatic carbocycles. The first kappa shape index (κ1) is 23.7. The van der Waals surface area contributed by atoms with Gasteiger partial charge in [-0.25, -0.2) is 0 Å². The zero-order valence-corrected chi connectivity index (χ0v) is 20.5. The Labute approximate surface area is 194 Å². The van der Waals surface area contributed by atoms with Crippen molar-refractivity contribution in [3.63, 3.8) is 0 Å². The second kappa shape index (κ2) is 9.41. The van der Waals surface area contributed by atoms with E-state index in [0.29, 0.717) is 40.9 Å². The highest BCUT2D eigenvalue weighted by Gasteiger charge is 2.76. The van der Waals surface area contributed by atoms with Gasteiger partial charge in [-0.15, -0.1) is 5.73 Å². The van der Waals surface area contributed by atoms with Crippen LogP contribution in [0.15, 0.2) is 17.9 Å². The van der Waals surface area contributed by atoms with Crippen LogP contribution in [-0.4, -0.2) is 17.3 Å². The van der Waals surface area contributed by atoms with Crippen LogP contribution in [0.4, 0.5) is 0 Å². The van der Waals surface area contributed by atoms with Gasteiger partial charge in [-0.05, 0) is 75.0 Å². The minimum atomic E-state index is -0.106. The lowest BCUT2D eigenvalue weighted by atomic mass is 9.62. The zero-order valence-electron chi connectivity index (χ0n) is 20.5. The van der Waals surface area contributed by atoms with Gasteiger partial charge in [0.05, 0.1) is 0 Å². The van der Waals surface area contributed by atoms with Crippen molar-refractivity contribution in [3.05, 3.63) is 17.9 Å². The summed E-state index contributed by atoms with van der Waals surface area (Å²) < 4.78 is 0. The third kappa shape index (κ3) is 3.89. The number of hydrogen-bond donors (Lipinski definition) is 0. The van der Waals surface area contributed by atoms with E-state index in [-0.39, 0.29) is 35.2 Å². The molecule has 4 aliphatic rings. The van der Waals surface area contributed by atoms with E-state index in [1.165, 1.54) is 38.5 Å². The lowest BCUT2D eigenvalue weighted by Gasteiger charge is -2.41. The third-order valence-corrected chi connectivity index (χ3v) is 9.88. The van der Waals surface area contributed by atoms with Crippen LogP contribution in [-0.2, 0) is 14.4 Å². The molecule has 0 aromatic heterocycles. The molecule has 3 heteroatoms. The van der Waals surface area contributed by atoms with Gasteiger partial charge >= 0.3 is 0 Å². The SMILES string of the molecule is C=C=C(C(C)=O)C(CCC)CC(=O)[C@H]1C(C(=O)C(CC)C2CCCCC2)C2CCC23CC13. The predicted molar refractivity (Wildman–Crippen MR) is 127 cm³/mol. The van der Waals surface area contributed by atoms with Crippen molar-refractivity contribution < 1.29 is 14.4 Å². The first-order valence-corrected chi connectivity index (χ1v) is 13.4. The van der Waals surface area contributed by atoms with E-state index < -0.39 is 0 Å². The molecular weight excluding hydrogens is 396 g/mol. The highest BCUT2D eigenvalue weighted by Crippen LogP contribution is 2.80. The Morgan fingerprint density at radius 2 is 1.75 bits per heavy atom. The van der Waals surface area contributed by atoms with Crippen LogP contribution in [0, 0.1) is 46.8 Å². The monoisotopic (exact) mass is 438 g/mol. The van der Waals surface area contributed by atoms with Gasteiger partial charge in [-0.1, -0.05) is 46.1 Å². The largest absolute Gasteiger partial charge is 0.299 e. The second-order valence-corrected chi connectivity index (χ2v) is 11.4. The lowest BCUT2D eigenvalue weighted by molar-refractivity contribution is -0.139. The van der Waals surface area contributed by atoms with Crippen molar-refractivity contribution in [3.8, 4) is 0 Å². The van der Waals surface area contributed by atoms with Gasteiger partial charge in [0.25, 0.3) is 0 Å². The number of carbonyl (C=O) groups excluding carboxylic acids is 3. The number of carbonyl (C=O) groups is 3. The molecule has 0 aromatic rings. The maximum Gasteiger partial charge on any atom is 0.163 e. The van der Waals surface area contributed by atoms with E-state index in [1.54, 1.807) is 6.92 Å². The molecule has 32 heavy (non-hydrogen) atoms. The van der Waals surface area contributed by atoms with Crippen LogP contribution in [0.1, 0.15) is 97.8 Å². The topological polar surface area (TPSA) is 51.2 Å². The first-order valence-electron chi connectivity index (χ1n) is 13.4. The number of Topliss-reactive ketones (excluding diaryl/α,β-unsaturated/α-hetero) is 3. The Morgan fingerprint density at radius 3 is 2.28 bits per heavy atom. The standard InChI is InChI=1S/C29H42O3/c1-5-11-20(21(6-2)18(4)30)16-25(31)26-24-17-29(24)15-14-23(29)27(26)28(32)22(7-3)19-12-9-8-10-13-19/h19-20,22-24,26-27H,2,5,7-17H2,1,3-4H3/t20?,22?,23?,24?,26-,27?,29?/m0/s1.